The number of nitrogens with zero attached hydrogens (tertiary/aromatic N) is 1. The van der Waals surface area contributed by atoms with Crippen LogP contribution >= 0.6 is 15.9 Å². The Morgan fingerprint density at radius 2 is 1.78 bits per heavy atom. The second-order valence-electron chi connectivity index (χ2n) is 5.19. The van der Waals surface area contributed by atoms with Crippen LogP contribution in [-0.2, 0) is 4.79 Å². The first kappa shape index (κ1) is 12.2. The molecule has 1 N–H and O–H groups in total. The highest BCUT2D eigenvalue weighted by Crippen LogP contribution is 2.39. The number of carbonyl (C=O) groups is 1. The fourth-order valence-electron chi connectivity index (χ4n) is 3.26. The summed E-state index contributed by atoms with van der Waals surface area (Å²) in [6.07, 6.45) is 4.31. The normalized spacial score (nSPS) is 21.8. The number of hydrogen-bond donors (Lipinski definition) is 1. The molecule has 2 aliphatic rings. The van der Waals surface area contributed by atoms with E-state index in [0.717, 1.165) is 48.9 Å². The van der Waals surface area contributed by atoms with Crippen molar-refractivity contribution in [2.45, 2.75) is 31.2 Å². The van der Waals surface area contributed by atoms with Gasteiger partial charge >= 0.3 is 0 Å². The van der Waals surface area contributed by atoms with Crippen LogP contribution in [0.25, 0.3) is 0 Å². The fraction of sp³-hybridized carbons (Fsp3) is 0.500. The van der Waals surface area contributed by atoms with E-state index < -0.39 is 0 Å². The van der Waals surface area contributed by atoms with Crippen molar-refractivity contribution in [3.05, 3.63) is 28.7 Å². The Balaban J connectivity index is 1.77. The number of carbonyl (C=O) groups excluding carboxylic acids is 1. The van der Waals surface area contributed by atoms with Gasteiger partial charge in [-0.25, -0.2) is 0 Å². The van der Waals surface area contributed by atoms with Gasteiger partial charge in [0.05, 0.1) is 0 Å². The third kappa shape index (κ3) is 1.97. The predicted molar refractivity (Wildman–Crippen MR) is 75.5 cm³/mol. The van der Waals surface area contributed by atoms with Crippen molar-refractivity contribution in [3.63, 3.8) is 0 Å². The van der Waals surface area contributed by atoms with E-state index in [4.69, 9.17) is 0 Å². The first-order valence-corrected chi connectivity index (χ1v) is 7.32. The third-order valence-corrected chi connectivity index (χ3v) is 4.70. The summed E-state index contributed by atoms with van der Waals surface area (Å²) in [7, 11) is 0. The van der Waals surface area contributed by atoms with E-state index in [9.17, 15) is 4.79 Å². The van der Waals surface area contributed by atoms with Crippen LogP contribution in [0, 0.1) is 0 Å². The molecule has 2 saturated heterocycles. The highest BCUT2D eigenvalue weighted by atomic mass is 79.9. The molecule has 0 bridgehead atoms. The van der Waals surface area contributed by atoms with Crippen LogP contribution in [0.2, 0.25) is 0 Å². The highest BCUT2D eigenvalue weighted by molar-refractivity contribution is 9.10. The number of halogens is 1. The quantitative estimate of drug-likeness (QED) is 0.911. The molecule has 0 saturated carbocycles. The van der Waals surface area contributed by atoms with Gasteiger partial charge in [-0.1, -0.05) is 15.9 Å². The minimum atomic E-state index is -0.215. The molecule has 0 unspecified atom stereocenters. The smallest absolute Gasteiger partial charge is 0.244 e. The SMILES string of the molecule is O=C(Nc1ccc(Br)cc1)C12CCCN1CCC2. The topological polar surface area (TPSA) is 32.3 Å². The third-order valence-electron chi connectivity index (χ3n) is 4.17. The highest BCUT2D eigenvalue weighted by Gasteiger charge is 2.49. The first-order valence-electron chi connectivity index (χ1n) is 6.53. The standard InChI is InChI=1S/C14H17BrN2O/c15-11-3-5-12(6-4-11)16-13(18)14-7-1-9-17(14)10-2-8-14/h3-6H,1-2,7-10H2,(H,16,18). The molecule has 18 heavy (non-hydrogen) atoms. The lowest BCUT2D eigenvalue weighted by Gasteiger charge is -2.30. The first-order chi connectivity index (χ1) is 8.71. The number of nitrogens with one attached hydrogen (secondary N) is 1. The monoisotopic (exact) mass is 308 g/mol. The average molecular weight is 309 g/mol. The van der Waals surface area contributed by atoms with Crippen molar-refractivity contribution in [3.8, 4) is 0 Å². The lowest BCUT2D eigenvalue weighted by Crippen LogP contribution is -2.48. The molecule has 1 amide bonds. The van der Waals surface area contributed by atoms with Crippen molar-refractivity contribution in [1.29, 1.82) is 0 Å². The zero-order chi connectivity index (χ0) is 12.6. The maximum atomic E-state index is 12.5. The Kier molecular flexibility index (Phi) is 3.16. The zero-order valence-corrected chi connectivity index (χ0v) is 11.9. The molecule has 2 heterocycles. The molecule has 0 radical (unpaired) electrons. The number of hydrogen-bond acceptors (Lipinski definition) is 2. The summed E-state index contributed by atoms with van der Waals surface area (Å²) in [5.74, 6) is 0.180. The van der Waals surface area contributed by atoms with E-state index in [1.54, 1.807) is 0 Å². The van der Waals surface area contributed by atoms with Gasteiger partial charge in [-0.3, -0.25) is 9.69 Å². The minimum Gasteiger partial charge on any atom is -0.324 e. The molecule has 0 aromatic heterocycles. The molecule has 3 rings (SSSR count). The molecule has 2 aliphatic heterocycles. The van der Waals surface area contributed by atoms with Crippen molar-refractivity contribution in [2.75, 3.05) is 18.4 Å². The van der Waals surface area contributed by atoms with Gasteiger partial charge in [0.2, 0.25) is 5.91 Å². The van der Waals surface area contributed by atoms with E-state index in [-0.39, 0.29) is 11.4 Å². The van der Waals surface area contributed by atoms with Gasteiger partial charge in [0, 0.05) is 10.2 Å². The molecule has 2 fully saturated rings. The number of amides is 1. The molecule has 4 heteroatoms. The molecular formula is C14H17BrN2O. The Morgan fingerprint density at radius 1 is 1.17 bits per heavy atom. The summed E-state index contributed by atoms with van der Waals surface area (Å²) < 4.78 is 1.03. The molecule has 1 aromatic carbocycles. The van der Waals surface area contributed by atoms with Crippen molar-refractivity contribution >= 4 is 27.5 Å². The lowest BCUT2D eigenvalue weighted by molar-refractivity contribution is -0.125. The van der Waals surface area contributed by atoms with Crippen molar-refractivity contribution in [1.82, 2.24) is 4.90 Å². The summed E-state index contributed by atoms with van der Waals surface area (Å²) in [4.78, 5) is 14.9. The summed E-state index contributed by atoms with van der Waals surface area (Å²) in [5, 5.41) is 3.07. The molecule has 0 atom stereocenters. The summed E-state index contributed by atoms with van der Waals surface area (Å²) >= 11 is 3.40. The van der Waals surface area contributed by atoms with Crippen LogP contribution in [0.5, 0.6) is 0 Å². The molecular weight excluding hydrogens is 292 g/mol. The summed E-state index contributed by atoms with van der Waals surface area (Å²) in [6.45, 7) is 2.15. The van der Waals surface area contributed by atoms with Crippen LogP contribution < -0.4 is 5.32 Å². The molecule has 0 aliphatic carbocycles. The maximum Gasteiger partial charge on any atom is 0.244 e. The van der Waals surface area contributed by atoms with Gasteiger partial charge in [0.25, 0.3) is 0 Å². The Bertz CT molecular complexity index is 447. The van der Waals surface area contributed by atoms with Gasteiger partial charge in [-0.2, -0.15) is 0 Å². The Labute approximate surface area is 116 Å². The zero-order valence-electron chi connectivity index (χ0n) is 10.3. The van der Waals surface area contributed by atoms with Gasteiger partial charge in [-0.05, 0) is 63.0 Å². The summed E-state index contributed by atoms with van der Waals surface area (Å²) in [6, 6.07) is 7.78. The van der Waals surface area contributed by atoms with E-state index in [1.165, 1.54) is 0 Å². The molecule has 96 valence electrons. The van der Waals surface area contributed by atoms with Gasteiger partial charge in [-0.15, -0.1) is 0 Å². The van der Waals surface area contributed by atoms with Crippen LogP contribution in [0.15, 0.2) is 28.7 Å². The lowest BCUT2D eigenvalue weighted by atomic mass is 9.93. The van der Waals surface area contributed by atoms with E-state index in [1.807, 2.05) is 24.3 Å². The number of rotatable bonds is 2. The molecule has 1 aromatic rings. The second kappa shape index (κ2) is 4.67. The summed E-state index contributed by atoms with van der Waals surface area (Å²) in [5.41, 5.74) is 0.670. The van der Waals surface area contributed by atoms with E-state index in [0.29, 0.717) is 0 Å². The molecule has 0 spiro atoms. The second-order valence-corrected chi connectivity index (χ2v) is 6.10. The molecule has 3 nitrogen and oxygen atoms in total. The van der Waals surface area contributed by atoms with Crippen LogP contribution in [0.3, 0.4) is 0 Å². The largest absolute Gasteiger partial charge is 0.324 e. The van der Waals surface area contributed by atoms with Gasteiger partial charge < -0.3 is 5.32 Å². The van der Waals surface area contributed by atoms with Crippen LogP contribution in [0.1, 0.15) is 25.7 Å². The Morgan fingerprint density at radius 3 is 2.39 bits per heavy atom. The maximum absolute atomic E-state index is 12.5. The van der Waals surface area contributed by atoms with Crippen LogP contribution in [-0.4, -0.2) is 29.4 Å². The van der Waals surface area contributed by atoms with Gasteiger partial charge in [0.15, 0.2) is 0 Å². The van der Waals surface area contributed by atoms with Gasteiger partial charge in [0.1, 0.15) is 5.54 Å². The minimum absolute atomic E-state index is 0.180. The predicted octanol–water partition coefficient (Wildman–Crippen LogP) is 3.02. The number of benzene rings is 1. The van der Waals surface area contributed by atoms with Crippen molar-refractivity contribution < 1.29 is 4.79 Å². The van der Waals surface area contributed by atoms with E-state index in [2.05, 4.69) is 26.1 Å². The fourth-order valence-corrected chi connectivity index (χ4v) is 3.52. The Hall–Kier alpha value is -0.870. The number of fused-ring (bicyclic) bond motifs is 1. The van der Waals surface area contributed by atoms with Crippen LogP contribution in [0.4, 0.5) is 5.69 Å². The average Bonchev–Trinajstić information content (AvgIpc) is 2.91. The number of anilines is 1. The van der Waals surface area contributed by atoms with Crippen molar-refractivity contribution in [2.24, 2.45) is 0 Å². The van der Waals surface area contributed by atoms with E-state index >= 15 is 0 Å².